The minimum Gasteiger partial charge on any atom is -0.357 e. The molecule has 30 heavy (non-hydrogen) atoms. The maximum Gasteiger partial charge on any atom is 0.194 e. The molecule has 2 aromatic rings. The summed E-state index contributed by atoms with van der Waals surface area (Å²) in [6.07, 6.45) is 6.80. The molecule has 1 heterocycles. The second-order valence-electron chi connectivity index (χ2n) is 7.44. The first kappa shape index (κ1) is 25.1. The number of aliphatic imine (C=N–C) groups is 1. The Morgan fingerprint density at radius 3 is 2.57 bits per heavy atom. The van der Waals surface area contributed by atoms with Crippen LogP contribution in [0.1, 0.15) is 40.9 Å². The monoisotopic (exact) mass is 562 g/mol. The molecule has 1 aromatic carbocycles. The molecule has 1 aliphatic rings. The highest BCUT2D eigenvalue weighted by molar-refractivity contribution is 14.0. The van der Waals surface area contributed by atoms with Crippen molar-refractivity contribution in [1.82, 2.24) is 15.2 Å². The van der Waals surface area contributed by atoms with E-state index in [0.29, 0.717) is 11.4 Å². The zero-order valence-corrected chi connectivity index (χ0v) is 21.8. The van der Waals surface area contributed by atoms with Crippen molar-refractivity contribution in [1.29, 1.82) is 0 Å². The number of hydrogen-bond acceptors (Lipinski definition) is 5. The molecule has 6 nitrogen and oxygen atoms in total. The highest BCUT2D eigenvalue weighted by Gasteiger charge is 2.17. The van der Waals surface area contributed by atoms with Crippen molar-refractivity contribution in [3.63, 3.8) is 0 Å². The quantitative estimate of drug-likeness (QED) is 0.317. The molecule has 1 N–H and O–H groups in total. The van der Waals surface area contributed by atoms with E-state index >= 15 is 0 Å². The Kier molecular flexibility index (Phi) is 9.55. The van der Waals surface area contributed by atoms with Crippen molar-refractivity contribution < 1.29 is 8.42 Å². The van der Waals surface area contributed by atoms with Gasteiger partial charge in [0.15, 0.2) is 15.8 Å². The van der Waals surface area contributed by atoms with Crippen LogP contribution in [0.3, 0.4) is 0 Å². The van der Waals surface area contributed by atoms with E-state index in [1.165, 1.54) is 36.1 Å². The fourth-order valence-corrected chi connectivity index (χ4v) is 5.26. The molecule has 1 aromatic heterocycles. The third-order valence-corrected chi connectivity index (χ3v) is 7.24. The van der Waals surface area contributed by atoms with Crippen LogP contribution in [0.15, 0.2) is 34.2 Å². The summed E-state index contributed by atoms with van der Waals surface area (Å²) in [4.78, 5) is 13.5. The summed E-state index contributed by atoms with van der Waals surface area (Å²) >= 11 is 1.84. The normalized spacial score (nSPS) is 14.0. The number of nitrogens with zero attached hydrogens (tertiary/aromatic N) is 3. The maximum atomic E-state index is 11.6. The molecular formula is C21H31IN4O2S2. The minimum atomic E-state index is -3.15. The van der Waals surface area contributed by atoms with Gasteiger partial charge in [0.25, 0.3) is 0 Å². The molecular weight excluding hydrogens is 531 g/mol. The van der Waals surface area contributed by atoms with E-state index in [1.807, 2.05) is 30.5 Å². The van der Waals surface area contributed by atoms with E-state index in [9.17, 15) is 8.42 Å². The van der Waals surface area contributed by atoms with Gasteiger partial charge in [0.05, 0.1) is 17.1 Å². The van der Waals surface area contributed by atoms with Crippen LogP contribution in [-0.2, 0) is 35.6 Å². The zero-order chi connectivity index (χ0) is 20.9. The number of guanidine groups is 1. The van der Waals surface area contributed by atoms with Gasteiger partial charge in [-0.25, -0.2) is 13.4 Å². The first-order valence-electron chi connectivity index (χ1n) is 10.1. The van der Waals surface area contributed by atoms with Gasteiger partial charge in [0.1, 0.15) is 5.01 Å². The summed E-state index contributed by atoms with van der Waals surface area (Å²) in [5.41, 5.74) is 2.37. The molecule has 0 fully saturated rings. The fourth-order valence-electron chi connectivity index (χ4n) is 3.41. The Bertz CT molecular complexity index is 932. The Morgan fingerprint density at radius 1 is 1.23 bits per heavy atom. The summed E-state index contributed by atoms with van der Waals surface area (Å²) in [6, 6.07) is 7.05. The molecule has 166 valence electrons. The van der Waals surface area contributed by atoms with Gasteiger partial charge in [0.2, 0.25) is 0 Å². The minimum absolute atomic E-state index is 0. The number of benzene rings is 1. The number of aromatic nitrogens is 1. The molecule has 0 atom stereocenters. The number of thiazole rings is 1. The SMILES string of the molecule is CCNC(=NCCc1ccc(S(C)(=O)=O)cc1)N(C)Cc1nc2c(s1)CCCC2.I. The van der Waals surface area contributed by atoms with Crippen LogP contribution in [-0.4, -0.2) is 50.7 Å². The molecule has 1 aliphatic carbocycles. The number of halogens is 1. The third-order valence-electron chi connectivity index (χ3n) is 4.97. The van der Waals surface area contributed by atoms with E-state index in [2.05, 4.69) is 17.1 Å². The summed E-state index contributed by atoms with van der Waals surface area (Å²) < 4.78 is 23.1. The van der Waals surface area contributed by atoms with E-state index < -0.39 is 9.84 Å². The maximum absolute atomic E-state index is 11.6. The number of sulfone groups is 1. The molecule has 0 saturated carbocycles. The van der Waals surface area contributed by atoms with E-state index in [4.69, 9.17) is 9.98 Å². The van der Waals surface area contributed by atoms with Crippen molar-refractivity contribution in [3.05, 3.63) is 45.4 Å². The predicted octanol–water partition coefficient (Wildman–Crippen LogP) is 3.68. The number of fused-ring (bicyclic) bond motifs is 1. The second kappa shape index (κ2) is 11.4. The molecule has 0 amide bonds. The Hall–Kier alpha value is -1.20. The van der Waals surface area contributed by atoms with Crippen LogP contribution in [0.25, 0.3) is 0 Å². The summed E-state index contributed by atoms with van der Waals surface area (Å²) in [7, 11) is -1.11. The first-order chi connectivity index (χ1) is 13.9. The van der Waals surface area contributed by atoms with Gasteiger partial charge in [0, 0.05) is 31.3 Å². The molecule has 0 spiro atoms. The van der Waals surface area contributed by atoms with Crippen LogP contribution in [0.2, 0.25) is 0 Å². The third kappa shape index (κ3) is 6.91. The van der Waals surface area contributed by atoms with Gasteiger partial charge in [-0.2, -0.15) is 0 Å². The summed E-state index contributed by atoms with van der Waals surface area (Å²) in [5.74, 6) is 0.869. The van der Waals surface area contributed by atoms with Gasteiger partial charge in [-0.05, 0) is 56.7 Å². The highest BCUT2D eigenvalue weighted by atomic mass is 127. The predicted molar refractivity (Wildman–Crippen MR) is 135 cm³/mol. The van der Waals surface area contributed by atoms with Gasteiger partial charge >= 0.3 is 0 Å². The largest absolute Gasteiger partial charge is 0.357 e. The van der Waals surface area contributed by atoms with Crippen LogP contribution < -0.4 is 5.32 Å². The second-order valence-corrected chi connectivity index (χ2v) is 10.6. The number of hydrogen-bond donors (Lipinski definition) is 1. The van der Waals surface area contributed by atoms with E-state index in [-0.39, 0.29) is 24.0 Å². The molecule has 0 unspecified atom stereocenters. The highest BCUT2D eigenvalue weighted by Crippen LogP contribution is 2.27. The van der Waals surface area contributed by atoms with Crippen LogP contribution in [0.4, 0.5) is 0 Å². The topological polar surface area (TPSA) is 74.7 Å². The Labute approximate surface area is 201 Å². The molecule has 0 radical (unpaired) electrons. The number of aryl methyl sites for hydroxylation is 2. The lowest BCUT2D eigenvalue weighted by Gasteiger charge is -2.21. The van der Waals surface area contributed by atoms with Crippen LogP contribution in [0, 0.1) is 0 Å². The lowest BCUT2D eigenvalue weighted by Crippen LogP contribution is -2.38. The first-order valence-corrected chi connectivity index (χ1v) is 12.8. The molecule has 9 heteroatoms. The van der Waals surface area contributed by atoms with Crippen molar-refractivity contribution in [2.24, 2.45) is 4.99 Å². The van der Waals surface area contributed by atoms with Gasteiger partial charge in [-0.15, -0.1) is 35.3 Å². The molecule has 0 saturated heterocycles. The van der Waals surface area contributed by atoms with Crippen LogP contribution in [0.5, 0.6) is 0 Å². The van der Waals surface area contributed by atoms with Crippen molar-refractivity contribution in [2.75, 3.05) is 26.4 Å². The lowest BCUT2D eigenvalue weighted by molar-refractivity contribution is 0.475. The van der Waals surface area contributed by atoms with Crippen molar-refractivity contribution in [3.8, 4) is 0 Å². The molecule has 0 bridgehead atoms. The Balaban J connectivity index is 0.00000320. The summed E-state index contributed by atoms with van der Waals surface area (Å²) in [6.45, 7) is 4.27. The average molecular weight is 563 g/mol. The smallest absolute Gasteiger partial charge is 0.194 e. The number of rotatable bonds is 7. The zero-order valence-electron chi connectivity index (χ0n) is 17.8. The van der Waals surface area contributed by atoms with Crippen molar-refractivity contribution in [2.45, 2.75) is 50.5 Å². The fraction of sp³-hybridized carbons (Fsp3) is 0.524. The van der Waals surface area contributed by atoms with Crippen molar-refractivity contribution >= 4 is 51.1 Å². The van der Waals surface area contributed by atoms with Gasteiger partial charge < -0.3 is 10.2 Å². The van der Waals surface area contributed by atoms with E-state index in [0.717, 1.165) is 42.5 Å². The van der Waals surface area contributed by atoms with Gasteiger partial charge in [-0.1, -0.05) is 12.1 Å². The standard InChI is InChI=1S/C21H30N4O2S2.HI/c1-4-22-21(23-14-13-16-9-11-17(12-10-16)29(3,26)27)25(2)15-20-24-18-7-5-6-8-19(18)28-20;/h9-12H,4-8,13-15H2,1-3H3,(H,22,23);1H. The average Bonchev–Trinajstić information content (AvgIpc) is 3.09. The molecule has 3 rings (SSSR count). The lowest BCUT2D eigenvalue weighted by atomic mass is 10.0. The number of nitrogens with one attached hydrogen (secondary N) is 1. The van der Waals surface area contributed by atoms with E-state index in [1.54, 1.807) is 12.1 Å². The van der Waals surface area contributed by atoms with Gasteiger partial charge in [-0.3, -0.25) is 4.99 Å². The molecule has 0 aliphatic heterocycles. The van der Waals surface area contributed by atoms with Crippen LogP contribution >= 0.6 is 35.3 Å². The Morgan fingerprint density at radius 2 is 1.93 bits per heavy atom. The summed E-state index contributed by atoms with van der Waals surface area (Å²) in [5, 5.41) is 4.51.